The fourth-order valence-electron chi connectivity index (χ4n) is 1.59. The molecular weight excluding hydrogens is 188 g/mol. The first kappa shape index (κ1) is 12.0. The third kappa shape index (κ3) is 3.53. The first-order chi connectivity index (χ1) is 7.29. The van der Waals surface area contributed by atoms with Gasteiger partial charge in [0.1, 0.15) is 5.75 Å². The van der Waals surface area contributed by atoms with Crippen molar-refractivity contribution in [3.8, 4) is 5.75 Å². The van der Waals surface area contributed by atoms with Gasteiger partial charge in [0.2, 0.25) is 0 Å². The molecule has 1 aromatic rings. The van der Waals surface area contributed by atoms with Crippen molar-refractivity contribution in [3.05, 3.63) is 29.3 Å². The van der Waals surface area contributed by atoms with Crippen LogP contribution in [0.25, 0.3) is 0 Å². The molecule has 0 spiro atoms. The molecule has 84 valence electrons. The van der Waals surface area contributed by atoms with Crippen LogP contribution < -0.4 is 15.8 Å². The lowest BCUT2D eigenvalue weighted by molar-refractivity contribution is 0.404. The Hall–Kier alpha value is -1.06. The molecule has 3 N–H and O–H groups in total. The van der Waals surface area contributed by atoms with Crippen LogP contribution in [0.2, 0.25) is 0 Å². The smallest absolute Gasteiger partial charge is 0.126 e. The molecule has 3 heteroatoms. The maximum absolute atomic E-state index is 5.42. The molecule has 0 bridgehead atoms. The van der Waals surface area contributed by atoms with Crippen molar-refractivity contribution in [2.24, 2.45) is 5.73 Å². The molecule has 0 amide bonds. The molecule has 0 atom stereocenters. The summed E-state index contributed by atoms with van der Waals surface area (Å²) < 4.78 is 5.37. The van der Waals surface area contributed by atoms with Crippen molar-refractivity contribution in [1.82, 2.24) is 5.32 Å². The molecule has 0 heterocycles. The molecular formula is C12H20N2O. The molecule has 0 aliphatic heterocycles. The van der Waals surface area contributed by atoms with E-state index in [1.807, 2.05) is 0 Å². The number of hydrogen-bond donors (Lipinski definition) is 2. The minimum atomic E-state index is 0.734. The van der Waals surface area contributed by atoms with Crippen molar-refractivity contribution in [2.45, 2.75) is 19.9 Å². The third-order valence-corrected chi connectivity index (χ3v) is 2.37. The largest absolute Gasteiger partial charge is 0.496 e. The van der Waals surface area contributed by atoms with Gasteiger partial charge in [-0.15, -0.1) is 0 Å². The second-order valence-corrected chi connectivity index (χ2v) is 3.59. The van der Waals surface area contributed by atoms with E-state index in [4.69, 9.17) is 10.5 Å². The minimum Gasteiger partial charge on any atom is -0.496 e. The van der Waals surface area contributed by atoms with E-state index in [2.05, 4.69) is 30.4 Å². The molecule has 0 saturated heterocycles. The highest BCUT2D eigenvalue weighted by Crippen LogP contribution is 2.22. The van der Waals surface area contributed by atoms with Crippen molar-refractivity contribution in [1.29, 1.82) is 0 Å². The molecule has 0 fully saturated rings. The number of hydrogen-bond acceptors (Lipinski definition) is 3. The van der Waals surface area contributed by atoms with Gasteiger partial charge in [-0.3, -0.25) is 0 Å². The van der Waals surface area contributed by atoms with Gasteiger partial charge in [0, 0.05) is 12.1 Å². The molecule has 1 aromatic carbocycles. The number of para-hydroxylation sites is 1. The summed E-state index contributed by atoms with van der Waals surface area (Å²) in [6, 6.07) is 6.20. The average molecular weight is 208 g/mol. The van der Waals surface area contributed by atoms with E-state index in [0.717, 1.165) is 31.8 Å². The number of rotatable bonds is 6. The monoisotopic (exact) mass is 208 g/mol. The number of ether oxygens (including phenoxy) is 1. The maximum atomic E-state index is 5.42. The first-order valence-corrected chi connectivity index (χ1v) is 5.33. The third-order valence-electron chi connectivity index (χ3n) is 2.37. The molecule has 0 aliphatic carbocycles. The van der Waals surface area contributed by atoms with Gasteiger partial charge in [-0.2, -0.15) is 0 Å². The lowest BCUT2D eigenvalue weighted by Gasteiger charge is -2.11. The molecule has 0 radical (unpaired) electrons. The van der Waals surface area contributed by atoms with Crippen LogP contribution in [0.15, 0.2) is 18.2 Å². The van der Waals surface area contributed by atoms with Gasteiger partial charge in [-0.05, 0) is 32.0 Å². The molecule has 1 rings (SSSR count). The van der Waals surface area contributed by atoms with Crippen LogP contribution in [-0.2, 0) is 6.54 Å². The Labute approximate surface area is 91.6 Å². The highest BCUT2D eigenvalue weighted by Gasteiger charge is 2.04. The second kappa shape index (κ2) is 6.43. The number of nitrogens with two attached hydrogens (primary N) is 1. The van der Waals surface area contributed by atoms with Crippen molar-refractivity contribution in [2.75, 3.05) is 20.2 Å². The highest BCUT2D eigenvalue weighted by atomic mass is 16.5. The molecule has 3 nitrogen and oxygen atoms in total. The van der Waals surface area contributed by atoms with Crippen molar-refractivity contribution < 1.29 is 4.74 Å². The number of benzene rings is 1. The standard InChI is InChI=1S/C12H20N2O/c1-10-5-3-6-11(12(10)15-2)9-14-8-4-7-13/h3,5-6,14H,4,7-9,13H2,1-2H3. The zero-order valence-electron chi connectivity index (χ0n) is 9.55. The number of aryl methyl sites for hydroxylation is 1. The van der Waals surface area contributed by atoms with E-state index >= 15 is 0 Å². The summed E-state index contributed by atoms with van der Waals surface area (Å²) in [5.41, 5.74) is 7.80. The summed E-state index contributed by atoms with van der Waals surface area (Å²) in [4.78, 5) is 0. The molecule has 0 unspecified atom stereocenters. The van der Waals surface area contributed by atoms with E-state index in [9.17, 15) is 0 Å². The van der Waals surface area contributed by atoms with E-state index in [1.165, 1.54) is 11.1 Å². The van der Waals surface area contributed by atoms with Gasteiger partial charge in [-0.25, -0.2) is 0 Å². The average Bonchev–Trinajstić information content (AvgIpc) is 2.24. The van der Waals surface area contributed by atoms with E-state index in [1.54, 1.807) is 7.11 Å². The molecule has 0 aliphatic rings. The summed E-state index contributed by atoms with van der Waals surface area (Å²) in [6.07, 6.45) is 1.01. The van der Waals surface area contributed by atoms with Gasteiger partial charge in [0.25, 0.3) is 0 Å². The highest BCUT2D eigenvalue weighted by molar-refractivity contribution is 5.40. The Morgan fingerprint density at radius 3 is 2.87 bits per heavy atom. The molecule has 0 saturated carbocycles. The fraction of sp³-hybridized carbons (Fsp3) is 0.500. The Kier molecular flexibility index (Phi) is 5.15. The quantitative estimate of drug-likeness (QED) is 0.695. The van der Waals surface area contributed by atoms with Crippen LogP contribution >= 0.6 is 0 Å². The van der Waals surface area contributed by atoms with Crippen LogP contribution in [0.5, 0.6) is 5.75 Å². The summed E-state index contributed by atoms with van der Waals surface area (Å²) in [7, 11) is 1.71. The summed E-state index contributed by atoms with van der Waals surface area (Å²) in [5.74, 6) is 0.984. The SMILES string of the molecule is COc1c(C)cccc1CNCCCN. The predicted octanol–water partition coefficient (Wildman–Crippen LogP) is 1.44. The van der Waals surface area contributed by atoms with Gasteiger partial charge in [-0.1, -0.05) is 18.2 Å². The minimum absolute atomic E-state index is 0.734. The molecule has 0 aromatic heterocycles. The topological polar surface area (TPSA) is 47.3 Å². The van der Waals surface area contributed by atoms with E-state index in [0.29, 0.717) is 0 Å². The van der Waals surface area contributed by atoms with Gasteiger partial charge in [0.15, 0.2) is 0 Å². The normalized spacial score (nSPS) is 10.3. The lowest BCUT2D eigenvalue weighted by atomic mass is 10.1. The van der Waals surface area contributed by atoms with Crippen LogP contribution in [0.1, 0.15) is 17.5 Å². The van der Waals surface area contributed by atoms with Gasteiger partial charge < -0.3 is 15.8 Å². The van der Waals surface area contributed by atoms with Gasteiger partial charge in [0.05, 0.1) is 7.11 Å². The van der Waals surface area contributed by atoms with E-state index < -0.39 is 0 Å². The van der Waals surface area contributed by atoms with Crippen LogP contribution in [-0.4, -0.2) is 20.2 Å². The zero-order chi connectivity index (χ0) is 11.1. The van der Waals surface area contributed by atoms with Gasteiger partial charge >= 0.3 is 0 Å². The first-order valence-electron chi connectivity index (χ1n) is 5.33. The summed E-state index contributed by atoms with van der Waals surface area (Å²) >= 11 is 0. The lowest BCUT2D eigenvalue weighted by Crippen LogP contribution is -2.18. The Morgan fingerprint density at radius 1 is 1.40 bits per heavy atom. The Balaban J connectivity index is 2.56. The zero-order valence-corrected chi connectivity index (χ0v) is 9.55. The Bertz CT molecular complexity index is 300. The van der Waals surface area contributed by atoms with Crippen molar-refractivity contribution in [3.63, 3.8) is 0 Å². The van der Waals surface area contributed by atoms with E-state index in [-0.39, 0.29) is 0 Å². The summed E-state index contributed by atoms with van der Waals surface area (Å²) in [6.45, 7) is 4.58. The van der Waals surface area contributed by atoms with Crippen LogP contribution in [0.3, 0.4) is 0 Å². The maximum Gasteiger partial charge on any atom is 0.126 e. The predicted molar refractivity (Wildman–Crippen MR) is 63.1 cm³/mol. The van der Waals surface area contributed by atoms with Crippen LogP contribution in [0, 0.1) is 6.92 Å². The summed E-state index contributed by atoms with van der Waals surface area (Å²) in [5, 5.41) is 3.34. The second-order valence-electron chi connectivity index (χ2n) is 3.59. The fourth-order valence-corrected chi connectivity index (χ4v) is 1.59. The number of nitrogens with one attached hydrogen (secondary N) is 1. The Morgan fingerprint density at radius 2 is 2.20 bits per heavy atom. The van der Waals surface area contributed by atoms with Crippen LogP contribution in [0.4, 0.5) is 0 Å². The van der Waals surface area contributed by atoms with Crippen molar-refractivity contribution >= 4 is 0 Å². The molecule has 15 heavy (non-hydrogen) atoms. The number of methoxy groups -OCH3 is 1.